The second-order valence-electron chi connectivity index (χ2n) is 4.03. The van der Waals surface area contributed by atoms with Crippen molar-refractivity contribution in [2.45, 2.75) is 0 Å². The van der Waals surface area contributed by atoms with Crippen LogP contribution in [0.4, 0.5) is 14.5 Å². The Kier molecular flexibility index (Phi) is 2.30. The SMILES string of the molecule is Nc1ccc(-c2cc3cc(F)ccc3o2)c(F)c1. The molecular formula is C14H9F2NO. The summed E-state index contributed by atoms with van der Waals surface area (Å²) in [4.78, 5) is 0. The molecule has 3 aromatic rings. The lowest BCUT2D eigenvalue weighted by Gasteiger charge is -1.99. The van der Waals surface area contributed by atoms with E-state index in [1.165, 1.54) is 24.3 Å². The standard InChI is InChI=1S/C14H9F2NO/c15-9-1-4-13-8(5-9)6-14(18-13)11-3-2-10(17)7-12(11)16/h1-7H,17H2. The first-order valence-electron chi connectivity index (χ1n) is 5.38. The molecule has 0 saturated carbocycles. The molecule has 0 radical (unpaired) electrons. The largest absolute Gasteiger partial charge is 0.456 e. The Hall–Kier alpha value is -2.36. The predicted octanol–water partition coefficient (Wildman–Crippen LogP) is 3.96. The highest BCUT2D eigenvalue weighted by molar-refractivity contribution is 5.83. The van der Waals surface area contributed by atoms with Crippen molar-refractivity contribution in [1.29, 1.82) is 0 Å². The van der Waals surface area contributed by atoms with Crippen LogP contribution in [-0.2, 0) is 0 Å². The van der Waals surface area contributed by atoms with Crippen LogP contribution in [0.3, 0.4) is 0 Å². The number of furan rings is 1. The molecule has 0 amide bonds. The van der Waals surface area contributed by atoms with Crippen molar-refractivity contribution in [3.63, 3.8) is 0 Å². The van der Waals surface area contributed by atoms with E-state index in [2.05, 4.69) is 0 Å². The Balaban J connectivity index is 2.19. The van der Waals surface area contributed by atoms with E-state index in [1.54, 1.807) is 18.2 Å². The zero-order chi connectivity index (χ0) is 12.7. The lowest BCUT2D eigenvalue weighted by atomic mass is 10.1. The Morgan fingerprint density at radius 3 is 2.56 bits per heavy atom. The number of halogens is 2. The molecule has 0 saturated heterocycles. The average molecular weight is 245 g/mol. The Labute approximate surface area is 102 Å². The highest BCUT2D eigenvalue weighted by atomic mass is 19.1. The van der Waals surface area contributed by atoms with E-state index < -0.39 is 5.82 Å². The fourth-order valence-corrected chi connectivity index (χ4v) is 1.88. The van der Waals surface area contributed by atoms with Crippen LogP contribution in [0, 0.1) is 11.6 Å². The van der Waals surface area contributed by atoms with E-state index in [0.29, 0.717) is 28.0 Å². The fraction of sp³-hybridized carbons (Fsp3) is 0. The minimum atomic E-state index is -0.463. The smallest absolute Gasteiger partial charge is 0.138 e. The van der Waals surface area contributed by atoms with E-state index in [0.717, 1.165) is 0 Å². The molecule has 0 aliphatic carbocycles. The first kappa shape index (κ1) is 10.8. The number of nitrogen functional groups attached to an aromatic ring is 1. The van der Waals surface area contributed by atoms with Crippen molar-refractivity contribution in [2.75, 3.05) is 5.73 Å². The van der Waals surface area contributed by atoms with Gasteiger partial charge in [-0.15, -0.1) is 0 Å². The van der Waals surface area contributed by atoms with Crippen molar-refractivity contribution < 1.29 is 13.2 Å². The minimum absolute atomic E-state index is 0.306. The Morgan fingerprint density at radius 1 is 0.944 bits per heavy atom. The molecule has 0 spiro atoms. The highest BCUT2D eigenvalue weighted by Crippen LogP contribution is 2.30. The van der Waals surface area contributed by atoms with Gasteiger partial charge in [-0.3, -0.25) is 0 Å². The van der Waals surface area contributed by atoms with Gasteiger partial charge in [0.25, 0.3) is 0 Å². The molecule has 0 aliphatic heterocycles. The van der Waals surface area contributed by atoms with E-state index in [9.17, 15) is 8.78 Å². The van der Waals surface area contributed by atoms with Gasteiger partial charge in [-0.25, -0.2) is 8.78 Å². The molecule has 1 heterocycles. The third kappa shape index (κ3) is 1.72. The number of hydrogen-bond acceptors (Lipinski definition) is 2. The molecule has 2 nitrogen and oxygen atoms in total. The third-order valence-electron chi connectivity index (χ3n) is 2.74. The van der Waals surface area contributed by atoms with Crippen molar-refractivity contribution >= 4 is 16.7 Å². The molecule has 18 heavy (non-hydrogen) atoms. The van der Waals surface area contributed by atoms with Gasteiger partial charge in [0.2, 0.25) is 0 Å². The first-order valence-corrected chi connectivity index (χ1v) is 5.38. The maximum absolute atomic E-state index is 13.7. The summed E-state index contributed by atoms with van der Waals surface area (Å²) in [5, 5.41) is 0.598. The molecule has 0 unspecified atom stereocenters. The molecule has 4 heteroatoms. The zero-order valence-corrected chi connectivity index (χ0v) is 9.28. The molecule has 2 N–H and O–H groups in total. The molecule has 2 aromatic carbocycles. The number of anilines is 1. The second-order valence-corrected chi connectivity index (χ2v) is 4.03. The van der Waals surface area contributed by atoms with Crippen molar-refractivity contribution in [1.82, 2.24) is 0 Å². The molecule has 0 fully saturated rings. The summed E-state index contributed by atoms with van der Waals surface area (Å²) in [6.45, 7) is 0. The number of benzene rings is 2. The van der Waals surface area contributed by atoms with Gasteiger partial charge < -0.3 is 10.2 Å². The van der Waals surface area contributed by atoms with Gasteiger partial charge in [-0.1, -0.05) is 0 Å². The van der Waals surface area contributed by atoms with Crippen LogP contribution in [0.5, 0.6) is 0 Å². The maximum Gasteiger partial charge on any atom is 0.138 e. The van der Waals surface area contributed by atoms with Crippen molar-refractivity contribution in [3.05, 3.63) is 54.1 Å². The van der Waals surface area contributed by atoms with E-state index >= 15 is 0 Å². The summed E-state index contributed by atoms with van der Waals surface area (Å²) in [7, 11) is 0. The van der Waals surface area contributed by atoms with Gasteiger partial charge >= 0.3 is 0 Å². The number of rotatable bonds is 1. The highest BCUT2D eigenvalue weighted by Gasteiger charge is 2.11. The number of fused-ring (bicyclic) bond motifs is 1. The van der Waals surface area contributed by atoms with Crippen LogP contribution in [0.25, 0.3) is 22.3 Å². The monoisotopic (exact) mass is 245 g/mol. The molecule has 1 aromatic heterocycles. The average Bonchev–Trinajstić information content (AvgIpc) is 2.71. The van der Waals surface area contributed by atoms with Crippen LogP contribution < -0.4 is 5.73 Å². The van der Waals surface area contributed by atoms with Gasteiger partial charge in [0.1, 0.15) is 23.0 Å². The van der Waals surface area contributed by atoms with Crippen LogP contribution in [0.1, 0.15) is 0 Å². The third-order valence-corrected chi connectivity index (χ3v) is 2.74. The number of hydrogen-bond donors (Lipinski definition) is 1. The van der Waals surface area contributed by atoms with Crippen molar-refractivity contribution in [3.8, 4) is 11.3 Å². The van der Waals surface area contributed by atoms with Crippen LogP contribution in [0.15, 0.2) is 46.9 Å². The Bertz CT molecular complexity index is 734. The minimum Gasteiger partial charge on any atom is -0.456 e. The van der Waals surface area contributed by atoms with Gasteiger partial charge in [-0.05, 0) is 42.5 Å². The molecule has 0 bridgehead atoms. The Morgan fingerprint density at radius 2 is 1.78 bits per heavy atom. The maximum atomic E-state index is 13.7. The van der Waals surface area contributed by atoms with E-state index in [-0.39, 0.29) is 5.82 Å². The topological polar surface area (TPSA) is 39.2 Å². The molecule has 0 aliphatic rings. The normalized spacial score (nSPS) is 11.0. The first-order chi connectivity index (χ1) is 8.63. The molecule has 90 valence electrons. The summed E-state index contributed by atoms with van der Waals surface area (Å²) in [5.74, 6) is -0.463. The lowest BCUT2D eigenvalue weighted by molar-refractivity contribution is 0.600. The van der Waals surface area contributed by atoms with Gasteiger partial charge in [0.05, 0.1) is 5.56 Å². The van der Waals surface area contributed by atoms with Gasteiger partial charge in [-0.2, -0.15) is 0 Å². The van der Waals surface area contributed by atoms with E-state index in [4.69, 9.17) is 10.2 Å². The molecule has 3 rings (SSSR count). The molecular weight excluding hydrogens is 236 g/mol. The van der Waals surface area contributed by atoms with Gasteiger partial charge in [0, 0.05) is 11.1 Å². The lowest BCUT2D eigenvalue weighted by Crippen LogP contribution is -1.88. The summed E-state index contributed by atoms with van der Waals surface area (Å²) < 4.78 is 32.3. The van der Waals surface area contributed by atoms with Crippen molar-refractivity contribution in [2.24, 2.45) is 0 Å². The van der Waals surface area contributed by atoms with Crippen LogP contribution in [0.2, 0.25) is 0 Å². The molecule has 0 atom stereocenters. The summed E-state index contributed by atoms with van der Waals surface area (Å²) in [6.07, 6.45) is 0. The summed E-state index contributed by atoms with van der Waals surface area (Å²) in [5.41, 5.74) is 6.65. The summed E-state index contributed by atoms with van der Waals surface area (Å²) >= 11 is 0. The second kappa shape index (κ2) is 3.84. The fourth-order valence-electron chi connectivity index (χ4n) is 1.88. The van der Waals surface area contributed by atoms with Crippen LogP contribution >= 0.6 is 0 Å². The van der Waals surface area contributed by atoms with E-state index in [1.807, 2.05) is 0 Å². The predicted molar refractivity (Wildman–Crippen MR) is 66.0 cm³/mol. The quantitative estimate of drug-likeness (QED) is 0.659. The van der Waals surface area contributed by atoms with Gasteiger partial charge in [0.15, 0.2) is 0 Å². The zero-order valence-electron chi connectivity index (χ0n) is 9.28. The van der Waals surface area contributed by atoms with Crippen LogP contribution in [-0.4, -0.2) is 0 Å². The number of nitrogens with two attached hydrogens (primary N) is 1. The summed E-state index contributed by atoms with van der Waals surface area (Å²) in [6, 6.07) is 10.1.